The monoisotopic (exact) mass is 194 g/mol. The quantitative estimate of drug-likeness (QED) is 0.691. The number of rotatable bonds is 3. The highest BCUT2D eigenvalue weighted by Crippen LogP contribution is 2.26. The topological polar surface area (TPSA) is 68.2 Å². The van der Waals surface area contributed by atoms with Crippen molar-refractivity contribution >= 4 is 22.8 Å². The highest BCUT2D eigenvalue weighted by atomic mass is 16.4. The Morgan fingerprint density at radius 3 is 2.93 bits per heavy atom. The molecule has 2 rings (SSSR count). The molecule has 0 saturated carbocycles. The predicted molar refractivity (Wildman–Crippen MR) is 58.1 cm³/mol. The summed E-state index contributed by atoms with van der Waals surface area (Å²) in [6, 6.07) is 3.72. The van der Waals surface area contributed by atoms with E-state index in [1.807, 2.05) is 20.0 Å². The van der Waals surface area contributed by atoms with E-state index in [0.29, 0.717) is 5.82 Å². The summed E-state index contributed by atoms with van der Waals surface area (Å²) in [5, 5.41) is 3.11. The molecule has 2 heterocycles. The van der Waals surface area contributed by atoms with Crippen molar-refractivity contribution in [2.24, 2.45) is 0 Å². The molecule has 0 radical (unpaired) electrons. The van der Waals surface area contributed by atoms with E-state index in [4.69, 9.17) is 10.2 Å². The van der Waals surface area contributed by atoms with Gasteiger partial charge >= 0.3 is 0 Å². The fourth-order valence-corrected chi connectivity index (χ4v) is 1.52. The molecule has 0 fully saturated rings. The number of hydrogen-bond acceptors (Lipinski definition) is 4. The maximum Gasteiger partial charge on any atom is 0.195 e. The number of nitrogen functional groups attached to an aromatic ring is 1. The zero-order valence-corrected chi connectivity index (χ0v) is 8.29. The van der Waals surface area contributed by atoms with E-state index >= 15 is 0 Å². The normalized spacial score (nSPS) is 10.7. The molecule has 0 amide bonds. The van der Waals surface area contributed by atoms with E-state index in [9.17, 15) is 0 Å². The molecule has 0 unspecified atom stereocenters. The number of nitrogens with two attached hydrogens (primary N) is 1. The van der Waals surface area contributed by atoms with Crippen molar-refractivity contribution in [2.75, 3.05) is 30.1 Å². The van der Waals surface area contributed by atoms with Crippen LogP contribution in [0.3, 0.4) is 0 Å². The molecule has 2 aromatic heterocycles. The standard InChI is InChI=1S/C9H14N4O/c1-3-12-9-4-6-7(14-9)5-8(10)13(6)11-2/h4-5,11-12H,3,10H2,1-2H3. The summed E-state index contributed by atoms with van der Waals surface area (Å²) in [6.07, 6.45) is 0. The zero-order valence-electron chi connectivity index (χ0n) is 8.29. The molecule has 0 atom stereocenters. The van der Waals surface area contributed by atoms with Gasteiger partial charge in [0.05, 0.1) is 0 Å². The minimum absolute atomic E-state index is 0.643. The van der Waals surface area contributed by atoms with Gasteiger partial charge in [-0.15, -0.1) is 0 Å². The minimum atomic E-state index is 0.643. The summed E-state index contributed by atoms with van der Waals surface area (Å²) in [4.78, 5) is 0. The van der Waals surface area contributed by atoms with Gasteiger partial charge in [0.1, 0.15) is 11.3 Å². The van der Waals surface area contributed by atoms with Gasteiger partial charge in [-0.3, -0.25) is 0 Å². The van der Waals surface area contributed by atoms with Crippen LogP contribution in [0.4, 0.5) is 11.7 Å². The lowest BCUT2D eigenvalue weighted by Crippen LogP contribution is -2.10. The van der Waals surface area contributed by atoms with Crippen LogP contribution in [0.5, 0.6) is 0 Å². The minimum Gasteiger partial charge on any atom is -0.439 e. The first-order valence-electron chi connectivity index (χ1n) is 4.58. The van der Waals surface area contributed by atoms with Gasteiger partial charge in [0.15, 0.2) is 11.5 Å². The summed E-state index contributed by atoms with van der Waals surface area (Å²) in [7, 11) is 1.82. The molecular weight excluding hydrogens is 180 g/mol. The number of nitrogens with one attached hydrogen (secondary N) is 2. The third-order valence-corrected chi connectivity index (χ3v) is 2.09. The van der Waals surface area contributed by atoms with Gasteiger partial charge in [-0.2, -0.15) is 0 Å². The molecule has 0 aliphatic heterocycles. The van der Waals surface area contributed by atoms with Crippen molar-refractivity contribution in [3.8, 4) is 0 Å². The molecule has 4 N–H and O–H groups in total. The SMILES string of the molecule is CCNc1cc2c(cc(N)n2NC)o1. The Morgan fingerprint density at radius 2 is 2.29 bits per heavy atom. The maximum absolute atomic E-state index is 5.75. The van der Waals surface area contributed by atoms with Crippen LogP contribution in [-0.2, 0) is 0 Å². The lowest BCUT2D eigenvalue weighted by molar-refractivity contribution is 0.629. The first-order valence-corrected chi connectivity index (χ1v) is 4.58. The summed E-state index contributed by atoms with van der Waals surface area (Å²) in [5.74, 6) is 1.41. The Labute approximate surface area is 81.8 Å². The Hall–Kier alpha value is -1.78. The van der Waals surface area contributed by atoms with Gasteiger partial charge in [0.2, 0.25) is 0 Å². The molecule has 0 bridgehead atoms. The molecule has 0 saturated heterocycles. The van der Waals surface area contributed by atoms with Crippen molar-refractivity contribution in [2.45, 2.75) is 6.92 Å². The first-order chi connectivity index (χ1) is 6.76. The molecule has 5 nitrogen and oxygen atoms in total. The first kappa shape index (κ1) is 8.80. The highest BCUT2D eigenvalue weighted by Gasteiger charge is 2.10. The molecule has 0 aromatic carbocycles. The van der Waals surface area contributed by atoms with Crippen molar-refractivity contribution in [3.05, 3.63) is 12.1 Å². The number of aromatic nitrogens is 1. The highest BCUT2D eigenvalue weighted by molar-refractivity contribution is 5.82. The van der Waals surface area contributed by atoms with E-state index in [1.54, 1.807) is 10.7 Å². The second-order valence-corrected chi connectivity index (χ2v) is 3.02. The van der Waals surface area contributed by atoms with Gasteiger partial charge in [-0.1, -0.05) is 0 Å². The van der Waals surface area contributed by atoms with Crippen LogP contribution in [0.2, 0.25) is 0 Å². The van der Waals surface area contributed by atoms with E-state index in [2.05, 4.69) is 10.7 Å². The van der Waals surface area contributed by atoms with Gasteiger partial charge in [-0.05, 0) is 6.92 Å². The molecule has 2 aromatic rings. The number of nitrogens with zero attached hydrogens (tertiary/aromatic N) is 1. The molecular formula is C9H14N4O. The molecule has 5 heteroatoms. The third-order valence-electron chi connectivity index (χ3n) is 2.09. The van der Waals surface area contributed by atoms with Gasteiger partial charge in [0, 0.05) is 25.7 Å². The molecule has 0 aliphatic rings. The molecule has 0 spiro atoms. The van der Waals surface area contributed by atoms with Crippen molar-refractivity contribution in [1.29, 1.82) is 0 Å². The Balaban J connectivity index is 2.51. The Morgan fingerprint density at radius 1 is 1.50 bits per heavy atom. The summed E-state index contributed by atoms with van der Waals surface area (Å²) < 4.78 is 7.30. The smallest absolute Gasteiger partial charge is 0.195 e. The average molecular weight is 194 g/mol. The number of anilines is 2. The lowest BCUT2D eigenvalue weighted by Gasteiger charge is -2.03. The molecule has 0 aliphatic carbocycles. The predicted octanol–water partition coefficient (Wildman–Crippen LogP) is 1.42. The molecule has 14 heavy (non-hydrogen) atoms. The fraction of sp³-hybridized carbons (Fsp3) is 0.333. The summed E-state index contributed by atoms with van der Waals surface area (Å²) >= 11 is 0. The fourth-order valence-electron chi connectivity index (χ4n) is 1.52. The largest absolute Gasteiger partial charge is 0.439 e. The van der Waals surface area contributed by atoms with E-state index in [0.717, 1.165) is 23.5 Å². The van der Waals surface area contributed by atoms with Crippen LogP contribution in [0.25, 0.3) is 11.1 Å². The summed E-state index contributed by atoms with van der Waals surface area (Å²) in [5.41, 5.74) is 10.5. The van der Waals surface area contributed by atoms with Crippen LogP contribution < -0.4 is 16.5 Å². The summed E-state index contributed by atoms with van der Waals surface area (Å²) in [6.45, 7) is 2.86. The van der Waals surface area contributed by atoms with Crippen LogP contribution in [0, 0.1) is 0 Å². The Kier molecular flexibility index (Phi) is 1.99. The second kappa shape index (κ2) is 3.17. The third kappa shape index (κ3) is 1.17. The maximum atomic E-state index is 5.75. The van der Waals surface area contributed by atoms with E-state index in [-0.39, 0.29) is 0 Å². The lowest BCUT2D eigenvalue weighted by atomic mass is 10.5. The second-order valence-electron chi connectivity index (χ2n) is 3.02. The van der Waals surface area contributed by atoms with Gasteiger partial charge < -0.3 is 20.9 Å². The number of furan rings is 1. The number of fused-ring (bicyclic) bond motifs is 1. The zero-order chi connectivity index (χ0) is 10.1. The van der Waals surface area contributed by atoms with Gasteiger partial charge in [-0.25, -0.2) is 4.68 Å². The van der Waals surface area contributed by atoms with Crippen LogP contribution in [0.15, 0.2) is 16.5 Å². The van der Waals surface area contributed by atoms with Crippen LogP contribution in [0.1, 0.15) is 6.92 Å². The van der Waals surface area contributed by atoms with Gasteiger partial charge in [0.25, 0.3) is 0 Å². The van der Waals surface area contributed by atoms with Crippen LogP contribution in [-0.4, -0.2) is 18.3 Å². The van der Waals surface area contributed by atoms with Crippen LogP contribution >= 0.6 is 0 Å². The average Bonchev–Trinajstić information content (AvgIpc) is 2.61. The number of hydrogen-bond donors (Lipinski definition) is 3. The van der Waals surface area contributed by atoms with Crippen molar-refractivity contribution in [3.63, 3.8) is 0 Å². The molecule has 76 valence electrons. The van der Waals surface area contributed by atoms with E-state index < -0.39 is 0 Å². The van der Waals surface area contributed by atoms with Crippen molar-refractivity contribution in [1.82, 2.24) is 4.68 Å². The van der Waals surface area contributed by atoms with Crippen molar-refractivity contribution < 1.29 is 4.42 Å². The van der Waals surface area contributed by atoms with E-state index in [1.165, 1.54) is 0 Å². The Bertz CT molecular complexity index is 443.